The number of anilines is 2. The van der Waals surface area contributed by atoms with Crippen LogP contribution in [0, 0.1) is 0 Å². The van der Waals surface area contributed by atoms with Crippen molar-refractivity contribution in [2.24, 2.45) is 0 Å². The number of amides is 1. The van der Waals surface area contributed by atoms with Crippen LogP contribution in [0.5, 0.6) is 5.75 Å². The van der Waals surface area contributed by atoms with Crippen molar-refractivity contribution in [3.63, 3.8) is 0 Å². The molecular weight excluding hydrogens is 342 g/mol. The summed E-state index contributed by atoms with van der Waals surface area (Å²) in [6, 6.07) is 10.2. The van der Waals surface area contributed by atoms with Gasteiger partial charge < -0.3 is 15.8 Å². The van der Waals surface area contributed by atoms with Gasteiger partial charge in [0.1, 0.15) is 11.6 Å². The first kappa shape index (κ1) is 20.4. The van der Waals surface area contributed by atoms with E-state index >= 15 is 0 Å². The van der Waals surface area contributed by atoms with Gasteiger partial charge in [0.25, 0.3) is 0 Å². The van der Waals surface area contributed by atoms with Crippen LogP contribution in [-0.2, 0) is 4.79 Å². The Balaban J connectivity index is 0.00000312. The van der Waals surface area contributed by atoms with E-state index in [0.717, 1.165) is 12.2 Å². The van der Waals surface area contributed by atoms with Crippen molar-refractivity contribution in [1.29, 1.82) is 0 Å². The first-order chi connectivity index (χ1) is 11.6. The molecule has 0 aliphatic carbocycles. The molecule has 1 aromatic heterocycles. The van der Waals surface area contributed by atoms with Gasteiger partial charge in [-0.15, -0.1) is 12.4 Å². The van der Waals surface area contributed by atoms with E-state index in [0.29, 0.717) is 23.7 Å². The lowest BCUT2D eigenvalue weighted by Gasteiger charge is -2.06. The minimum Gasteiger partial charge on any atom is -0.494 e. The number of carbonyl (C=O) groups is 2. The zero-order valence-corrected chi connectivity index (χ0v) is 14.8. The van der Waals surface area contributed by atoms with Crippen LogP contribution in [0.2, 0.25) is 0 Å². The van der Waals surface area contributed by atoms with Crippen LogP contribution in [0.1, 0.15) is 36.5 Å². The van der Waals surface area contributed by atoms with Crippen LogP contribution in [-0.4, -0.2) is 23.3 Å². The number of hydrogen-bond donors (Lipinski definition) is 2. The van der Waals surface area contributed by atoms with Gasteiger partial charge >= 0.3 is 0 Å². The Morgan fingerprint density at radius 3 is 2.44 bits per heavy atom. The van der Waals surface area contributed by atoms with Crippen LogP contribution in [0.15, 0.2) is 42.6 Å². The molecule has 0 aliphatic rings. The largest absolute Gasteiger partial charge is 0.494 e. The van der Waals surface area contributed by atoms with Crippen molar-refractivity contribution in [2.75, 3.05) is 17.7 Å². The molecule has 0 fully saturated rings. The van der Waals surface area contributed by atoms with E-state index in [1.807, 2.05) is 6.92 Å². The Hall–Kier alpha value is -2.60. The lowest BCUT2D eigenvalue weighted by Crippen LogP contribution is -2.13. The third kappa shape index (κ3) is 6.81. The number of halogens is 1. The number of Topliss-reactive ketones (excluding diaryl/α,β-unsaturated/α-hetero) is 1. The fraction of sp³-hybridized carbons (Fsp3) is 0.278. The highest BCUT2D eigenvalue weighted by molar-refractivity contribution is 6.00. The smallest absolute Gasteiger partial charge is 0.224 e. The fourth-order valence-electron chi connectivity index (χ4n) is 2.03. The molecule has 1 heterocycles. The zero-order chi connectivity index (χ0) is 17.4. The monoisotopic (exact) mass is 363 g/mol. The second-order valence-electron chi connectivity index (χ2n) is 5.32. The molecule has 25 heavy (non-hydrogen) atoms. The molecule has 3 N–H and O–H groups in total. The Morgan fingerprint density at radius 2 is 1.84 bits per heavy atom. The van der Waals surface area contributed by atoms with Crippen LogP contribution in [0.3, 0.4) is 0 Å². The normalized spacial score (nSPS) is 9.80. The molecule has 1 aromatic carbocycles. The van der Waals surface area contributed by atoms with Crippen molar-refractivity contribution >= 4 is 35.6 Å². The summed E-state index contributed by atoms with van der Waals surface area (Å²) in [7, 11) is 0. The summed E-state index contributed by atoms with van der Waals surface area (Å²) in [4.78, 5) is 27.9. The van der Waals surface area contributed by atoms with Crippen molar-refractivity contribution < 1.29 is 14.3 Å². The SMILES string of the molecule is CCCOc1ccc(C(=O)CCC(=O)Nc2ccc(N)nc2)cc1.Cl. The molecule has 7 heteroatoms. The number of nitrogens with one attached hydrogen (secondary N) is 1. The van der Waals surface area contributed by atoms with Gasteiger partial charge in [0.2, 0.25) is 5.91 Å². The first-order valence-corrected chi connectivity index (χ1v) is 7.86. The number of rotatable bonds is 8. The summed E-state index contributed by atoms with van der Waals surface area (Å²) in [5, 5.41) is 2.68. The zero-order valence-electron chi connectivity index (χ0n) is 14.0. The molecule has 0 saturated heterocycles. The lowest BCUT2D eigenvalue weighted by molar-refractivity contribution is -0.116. The van der Waals surface area contributed by atoms with Crippen molar-refractivity contribution in [3.8, 4) is 5.75 Å². The number of ether oxygens (including phenoxy) is 1. The molecule has 0 unspecified atom stereocenters. The topological polar surface area (TPSA) is 94.3 Å². The van der Waals surface area contributed by atoms with E-state index in [1.165, 1.54) is 6.20 Å². The van der Waals surface area contributed by atoms with Crippen LogP contribution < -0.4 is 15.8 Å². The van der Waals surface area contributed by atoms with Gasteiger partial charge in [0.05, 0.1) is 18.5 Å². The minimum atomic E-state index is -0.238. The van der Waals surface area contributed by atoms with Gasteiger partial charge in [-0.25, -0.2) is 4.98 Å². The highest BCUT2D eigenvalue weighted by Gasteiger charge is 2.10. The van der Waals surface area contributed by atoms with Gasteiger partial charge in [-0.3, -0.25) is 9.59 Å². The van der Waals surface area contributed by atoms with E-state index in [4.69, 9.17) is 10.5 Å². The fourth-order valence-corrected chi connectivity index (χ4v) is 2.03. The minimum absolute atomic E-state index is 0. The maximum atomic E-state index is 12.1. The molecule has 0 spiro atoms. The maximum absolute atomic E-state index is 12.1. The second kappa shape index (κ2) is 10.3. The quantitative estimate of drug-likeness (QED) is 0.700. The van der Waals surface area contributed by atoms with Crippen molar-refractivity contribution in [1.82, 2.24) is 4.98 Å². The highest BCUT2D eigenvalue weighted by atomic mass is 35.5. The van der Waals surface area contributed by atoms with Crippen LogP contribution >= 0.6 is 12.4 Å². The van der Waals surface area contributed by atoms with Crippen molar-refractivity contribution in [3.05, 3.63) is 48.2 Å². The Labute approximate surface area is 153 Å². The molecule has 0 saturated carbocycles. The Bertz CT molecular complexity index is 688. The number of benzene rings is 1. The van der Waals surface area contributed by atoms with E-state index < -0.39 is 0 Å². The molecule has 134 valence electrons. The van der Waals surface area contributed by atoms with E-state index in [9.17, 15) is 9.59 Å². The average Bonchev–Trinajstić information content (AvgIpc) is 2.60. The number of nitrogen functional groups attached to an aromatic ring is 1. The third-order valence-corrected chi connectivity index (χ3v) is 3.30. The predicted molar refractivity (Wildman–Crippen MR) is 100 cm³/mol. The third-order valence-electron chi connectivity index (χ3n) is 3.30. The molecular formula is C18H22ClN3O3. The number of nitrogens with zero attached hydrogens (tertiary/aromatic N) is 1. The number of nitrogens with two attached hydrogens (primary N) is 1. The first-order valence-electron chi connectivity index (χ1n) is 7.86. The van der Waals surface area contributed by atoms with Gasteiger partial charge in [0.15, 0.2) is 5.78 Å². The summed E-state index contributed by atoms with van der Waals surface area (Å²) in [6.07, 6.45) is 2.66. The molecule has 2 rings (SSSR count). The van der Waals surface area contributed by atoms with Crippen molar-refractivity contribution in [2.45, 2.75) is 26.2 Å². The highest BCUT2D eigenvalue weighted by Crippen LogP contribution is 2.15. The number of carbonyl (C=O) groups excluding carboxylic acids is 2. The molecule has 2 aromatic rings. The summed E-state index contributed by atoms with van der Waals surface area (Å²) in [6.45, 7) is 2.68. The molecule has 6 nitrogen and oxygen atoms in total. The van der Waals surface area contributed by atoms with E-state index in [1.54, 1.807) is 36.4 Å². The average molecular weight is 364 g/mol. The molecule has 0 aliphatic heterocycles. The summed E-state index contributed by atoms with van der Waals surface area (Å²) in [5.41, 5.74) is 6.61. The van der Waals surface area contributed by atoms with Gasteiger partial charge in [-0.2, -0.15) is 0 Å². The van der Waals surface area contributed by atoms with Gasteiger partial charge in [0, 0.05) is 18.4 Å². The second-order valence-corrected chi connectivity index (χ2v) is 5.32. The molecule has 0 bridgehead atoms. The Kier molecular flexibility index (Phi) is 8.43. The summed E-state index contributed by atoms with van der Waals surface area (Å²) >= 11 is 0. The number of ketones is 1. The van der Waals surface area contributed by atoms with E-state index in [2.05, 4.69) is 10.3 Å². The number of pyridine rings is 1. The molecule has 0 atom stereocenters. The van der Waals surface area contributed by atoms with Crippen LogP contribution in [0.4, 0.5) is 11.5 Å². The number of aromatic nitrogens is 1. The van der Waals surface area contributed by atoms with E-state index in [-0.39, 0.29) is 36.9 Å². The lowest BCUT2D eigenvalue weighted by atomic mass is 10.1. The summed E-state index contributed by atoms with van der Waals surface area (Å²) < 4.78 is 5.47. The van der Waals surface area contributed by atoms with Gasteiger partial charge in [-0.05, 0) is 42.8 Å². The molecule has 0 radical (unpaired) electrons. The Morgan fingerprint density at radius 1 is 1.12 bits per heavy atom. The van der Waals surface area contributed by atoms with Gasteiger partial charge in [-0.1, -0.05) is 6.92 Å². The standard InChI is InChI=1S/C18H21N3O3.ClH/c1-2-11-24-15-6-3-13(4-7-15)16(22)8-10-18(23)21-14-5-9-17(19)20-12-14;/h3-7,9,12H,2,8,10-11H2,1H3,(H2,19,20)(H,21,23);1H. The number of hydrogen-bond acceptors (Lipinski definition) is 5. The molecule has 1 amide bonds. The predicted octanol–water partition coefficient (Wildman–Crippen LogP) is 3.48. The van der Waals surface area contributed by atoms with Crippen LogP contribution in [0.25, 0.3) is 0 Å². The summed E-state index contributed by atoms with van der Waals surface area (Å²) in [5.74, 6) is 0.803. The maximum Gasteiger partial charge on any atom is 0.224 e.